The Labute approximate surface area is 127 Å². The summed E-state index contributed by atoms with van der Waals surface area (Å²) in [6, 6.07) is 5.96. The summed E-state index contributed by atoms with van der Waals surface area (Å²) in [7, 11) is 0. The first kappa shape index (κ1) is 14.6. The fourth-order valence-corrected chi connectivity index (χ4v) is 4.71. The average molecular weight is 292 g/mol. The second kappa shape index (κ2) is 6.59. The second-order valence-electron chi connectivity index (χ2n) is 6.70. The smallest absolute Gasteiger partial charge is 0.0332 e. The normalized spacial score (nSPS) is 29.7. The van der Waals surface area contributed by atoms with Gasteiger partial charge in [-0.05, 0) is 44.7 Å². The number of aryl methyl sites for hydroxylation is 1. The average Bonchev–Trinajstić information content (AvgIpc) is 2.88. The Balaban J connectivity index is 1.60. The van der Waals surface area contributed by atoms with Crippen molar-refractivity contribution in [2.45, 2.75) is 64.6 Å². The summed E-state index contributed by atoms with van der Waals surface area (Å²) in [5, 5.41) is 3.82. The lowest BCUT2D eigenvalue weighted by molar-refractivity contribution is 0.0990. The molecular weight excluding hydrogens is 264 g/mol. The molecule has 0 bridgehead atoms. The van der Waals surface area contributed by atoms with Crippen LogP contribution in [0.3, 0.4) is 0 Å². The van der Waals surface area contributed by atoms with Crippen LogP contribution in [0.2, 0.25) is 0 Å². The highest BCUT2D eigenvalue weighted by Crippen LogP contribution is 2.29. The molecule has 2 atom stereocenters. The standard InChI is InChI=1S/C17H28N2S/c1-13-10-18-17(15-6-4-3-5-7-15)12-19(13)11-16-9-8-14(2)20-16/h8-9,13,15,17-18H,3-7,10-12H2,1-2H3. The van der Waals surface area contributed by atoms with Gasteiger partial charge in [0.05, 0.1) is 0 Å². The third kappa shape index (κ3) is 3.44. The van der Waals surface area contributed by atoms with Gasteiger partial charge >= 0.3 is 0 Å². The second-order valence-corrected chi connectivity index (χ2v) is 8.08. The van der Waals surface area contributed by atoms with Gasteiger partial charge in [-0.25, -0.2) is 0 Å². The molecule has 1 aromatic heterocycles. The van der Waals surface area contributed by atoms with Crippen molar-refractivity contribution in [1.29, 1.82) is 0 Å². The van der Waals surface area contributed by atoms with E-state index in [1.807, 2.05) is 11.3 Å². The SMILES string of the molecule is Cc1ccc(CN2CC(C3CCCCC3)NCC2C)s1. The Morgan fingerprint density at radius 2 is 2.05 bits per heavy atom. The summed E-state index contributed by atoms with van der Waals surface area (Å²) >= 11 is 1.96. The minimum absolute atomic E-state index is 0.664. The van der Waals surface area contributed by atoms with Crippen LogP contribution in [0.25, 0.3) is 0 Å². The lowest BCUT2D eigenvalue weighted by Gasteiger charge is -2.42. The van der Waals surface area contributed by atoms with Crippen molar-refractivity contribution < 1.29 is 0 Å². The fourth-order valence-electron chi connectivity index (χ4n) is 3.79. The van der Waals surface area contributed by atoms with Gasteiger partial charge in [-0.15, -0.1) is 11.3 Å². The summed E-state index contributed by atoms with van der Waals surface area (Å²) in [6.07, 6.45) is 7.23. The van der Waals surface area contributed by atoms with Crippen molar-refractivity contribution in [1.82, 2.24) is 10.2 Å². The van der Waals surface area contributed by atoms with E-state index in [0.717, 1.165) is 25.0 Å². The molecule has 2 nitrogen and oxygen atoms in total. The molecule has 2 unspecified atom stereocenters. The van der Waals surface area contributed by atoms with Crippen LogP contribution in [0.15, 0.2) is 12.1 Å². The summed E-state index contributed by atoms with van der Waals surface area (Å²) in [5.74, 6) is 0.920. The van der Waals surface area contributed by atoms with Gasteiger partial charge < -0.3 is 5.32 Å². The highest BCUT2D eigenvalue weighted by atomic mass is 32.1. The van der Waals surface area contributed by atoms with Crippen LogP contribution in [0.1, 0.15) is 48.8 Å². The van der Waals surface area contributed by atoms with Crippen molar-refractivity contribution in [2.24, 2.45) is 5.92 Å². The molecule has 1 aliphatic heterocycles. The molecular formula is C17H28N2S. The van der Waals surface area contributed by atoms with Crippen LogP contribution < -0.4 is 5.32 Å². The first-order chi connectivity index (χ1) is 9.72. The Morgan fingerprint density at radius 1 is 1.25 bits per heavy atom. The highest BCUT2D eigenvalue weighted by Gasteiger charge is 2.31. The predicted molar refractivity (Wildman–Crippen MR) is 87.3 cm³/mol. The van der Waals surface area contributed by atoms with Gasteiger partial charge in [0.1, 0.15) is 0 Å². The highest BCUT2D eigenvalue weighted by molar-refractivity contribution is 7.11. The Bertz CT molecular complexity index is 422. The quantitative estimate of drug-likeness (QED) is 0.911. The molecule has 0 radical (unpaired) electrons. The third-order valence-corrected chi connectivity index (χ3v) is 6.09. The summed E-state index contributed by atoms with van der Waals surface area (Å²) in [4.78, 5) is 5.66. The topological polar surface area (TPSA) is 15.3 Å². The molecule has 112 valence electrons. The lowest BCUT2D eigenvalue weighted by Crippen LogP contribution is -2.57. The van der Waals surface area contributed by atoms with E-state index in [1.165, 1.54) is 48.4 Å². The van der Waals surface area contributed by atoms with E-state index in [9.17, 15) is 0 Å². The largest absolute Gasteiger partial charge is 0.311 e. The van der Waals surface area contributed by atoms with Crippen LogP contribution in [0.4, 0.5) is 0 Å². The van der Waals surface area contributed by atoms with Gasteiger partial charge in [0.2, 0.25) is 0 Å². The Kier molecular flexibility index (Phi) is 4.79. The zero-order valence-electron chi connectivity index (χ0n) is 12.9. The van der Waals surface area contributed by atoms with E-state index in [1.54, 1.807) is 0 Å². The monoisotopic (exact) mass is 292 g/mol. The van der Waals surface area contributed by atoms with E-state index in [-0.39, 0.29) is 0 Å². The lowest BCUT2D eigenvalue weighted by atomic mass is 9.82. The number of hydrogen-bond donors (Lipinski definition) is 1. The van der Waals surface area contributed by atoms with Gasteiger partial charge in [0.25, 0.3) is 0 Å². The van der Waals surface area contributed by atoms with Crippen molar-refractivity contribution in [3.05, 3.63) is 21.9 Å². The molecule has 1 N–H and O–H groups in total. The maximum atomic E-state index is 3.82. The van der Waals surface area contributed by atoms with Crippen molar-refractivity contribution in [3.8, 4) is 0 Å². The molecule has 2 heterocycles. The summed E-state index contributed by atoms with van der Waals surface area (Å²) in [5.41, 5.74) is 0. The number of thiophene rings is 1. The van der Waals surface area contributed by atoms with E-state index in [0.29, 0.717) is 6.04 Å². The van der Waals surface area contributed by atoms with E-state index < -0.39 is 0 Å². The molecule has 2 fully saturated rings. The minimum Gasteiger partial charge on any atom is -0.311 e. The van der Waals surface area contributed by atoms with E-state index in [2.05, 4.69) is 36.2 Å². The molecule has 1 aromatic rings. The maximum Gasteiger partial charge on any atom is 0.0332 e. The molecule has 1 aliphatic carbocycles. The van der Waals surface area contributed by atoms with Crippen LogP contribution >= 0.6 is 11.3 Å². The maximum absolute atomic E-state index is 3.82. The number of piperazine rings is 1. The van der Waals surface area contributed by atoms with Crippen LogP contribution in [0, 0.1) is 12.8 Å². The van der Waals surface area contributed by atoms with Crippen LogP contribution in [0.5, 0.6) is 0 Å². The van der Waals surface area contributed by atoms with Crippen molar-refractivity contribution in [3.63, 3.8) is 0 Å². The first-order valence-electron chi connectivity index (χ1n) is 8.25. The predicted octanol–water partition coefficient (Wildman–Crippen LogP) is 3.80. The molecule has 3 heteroatoms. The molecule has 20 heavy (non-hydrogen) atoms. The third-order valence-electron chi connectivity index (χ3n) is 5.10. The molecule has 3 rings (SSSR count). The first-order valence-corrected chi connectivity index (χ1v) is 9.07. The fraction of sp³-hybridized carbons (Fsp3) is 0.765. The molecule has 1 saturated carbocycles. The van der Waals surface area contributed by atoms with Gasteiger partial charge in [-0.3, -0.25) is 4.90 Å². The number of nitrogens with one attached hydrogen (secondary N) is 1. The minimum atomic E-state index is 0.664. The summed E-state index contributed by atoms with van der Waals surface area (Å²) < 4.78 is 0. The van der Waals surface area contributed by atoms with Crippen molar-refractivity contribution >= 4 is 11.3 Å². The van der Waals surface area contributed by atoms with Gasteiger partial charge in [-0.2, -0.15) is 0 Å². The molecule has 0 spiro atoms. The zero-order chi connectivity index (χ0) is 13.9. The van der Waals surface area contributed by atoms with E-state index >= 15 is 0 Å². The summed E-state index contributed by atoms with van der Waals surface area (Å²) in [6.45, 7) is 8.11. The van der Waals surface area contributed by atoms with Gasteiger partial charge in [0, 0.05) is 41.5 Å². The molecule has 0 aromatic carbocycles. The Morgan fingerprint density at radius 3 is 2.75 bits per heavy atom. The van der Waals surface area contributed by atoms with Gasteiger partial charge in [0.15, 0.2) is 0 Å². The van der Waals surface area contributed by atoms with Crippen molar-refractivity contribution in [2.75, 3.05) is 13.1 Å². The zero-order valence-corrected chi connectivity index (χ0v) is 13.7. The van der Waals surface area contributed by atoms with Crippen LogP contribution in [-0.2, 0) is 6.54 Å². The number of nitrogens with zero attached hydrogens (tertiary/aromatic N) is 1. The molecule has 0 amide bonds. The molecule has 2 aliphatic rings. The Hall–Kier alpha value is -0.380. The van der Waals surface area contributed by atoms with Crippen LogP contribution in [-0.4, -0.2) is 30.1 Å². The number of rotatable bonds is 3. The van der Waals surface area contributed by atoms with E-state index in [4.69, 9.17) is 0 Å². The molecule has 1 saturated heterocycles. The van der Waals surface area contributed by atoms with Gasteiger partial charge in [-0.1, -0.05) is 19.3 Å². The number of hydrogen-bond acceptors (Lipinski definition) is 3.